The second-order valence-corrected chi connectivity index (χ2v) is 17.0. The van der Waals surface area contributed by atoms with Crippen molar-refractivity contribution in [2.75, 3.05) is 40.4 Å². The number of hydrazine groups is 2. The summed E-state index contributed by atoms with van der Waals surface area (Å²) in [4.78, 5) is 52.7. The third kappa shape index (κ3) is 12.3. The molecule has 0 spiro atoms. The molecule has 308 valence electrons. The zero-order valence-corrected chi connectivity index (χ0v) is 34.1. The Kier molecular flexibility index (Phi) is 12.7. The fraction of sp³-hybridized carbons (Fsp3) is 0.526. The van der Waals surface area contributed by atoms with Crippen LogP contribution in [0.25, 0.3) is 0 Å². The molecule has 2 saturated heterocycles. The molecule has 2 aliphatic heterocycles. The third-order valence-corrected chi connectivity index (χ3v) is 9.07. The van der Waals surface area contributed by atoms with Crippen molar-refractivity contribution >= 4 is 41.3 Å². The van der Waals surface area contributed by atoms with Gasteiger partial charge in [-0.2, -0.15) is 29.9 Å². The Morgan fingerprint density at radius 1 is 0.684 bits per heavy atom. The molecule has 2 fully saturated rings. The summed E-state index contributed by atoms with van der Waals surface area (Å²) < 4.78 is 11.2. The predicted octanol–water partition coefficient (Wildman–Crippen LogP) is 3.72. The number of nitrogen functional groups attached to an aromatic ring is 1. The normalized spacial score (nSPS) is 18.3. The molecule has 19 nitrogen and oxygen atoms in total. The van der Waals surface area contributed by atoms with Crippen LogP contribution in [0.1, 0.15) is 102 Å². The van der Waals surface area contributed by atoms with Gasteiger partial charge in [0, 0.05) is 45.5 Å². The standard InChI is InChI=1S/C38H57N15O4/c1-11-15-56-33-44-29(40-23-18-35(3,4)52-36(5,6)19-23)42-31(46-33)50-48-27(54)22-13-14-25(26(39)17-22)28(55)49-51-32-43-30(45-34(47-32)57-16-12-2)41-24-20-37(7,8)53-38(9,10)21-24/h11-14,17,23-24,52-53H,1-2,15-16,18-21,39H2,3-10H3,(H,48,54)(H,49,55)(H2,40,42,44,46,50)(H2,41,43,45,47,51). The van der Waals surface area contributed by atoms with Crippen molar-refractivity contribution in [3.05, 3.63) is 54.6 Å². The number of carbonyl (C=O) groups excluding carboxylic acids is 2. The Labute approximate surface area is 333 Å². The van der Waals surface area contributed by atoms with E-state index in [-0.39, 0.29) is 100 Å². The van der Waals surface area contributed by atoms with E-state index in [9.17, 15) is 9.59 Å². The van der Waals surface area contributed by atoms with Gasteiger partial charge in [0.15, 0.2) is 0 Å². The Balaban J connectivity index is 1.22. The van der Waals surface area contributed by atoms with Crippen LogP contribution in [0.3, 0.4) is 0 Å². The summed E-state index contributed by atoms with van der Waals surface area (Å²) in [5, 5.41) is 14.1. The number of ether oxygens (including phenoxy) is 2. The van der Waals surface area contributed by atoms with Crippen molar-refractivity contribution in [2.24, 2.45) is 0 Å². The summed E-state index contributed by atoms with van der Waals surface area (Å²) in [6, 6.07) is 4.47. The van der Waals surface area contributed by atoms with Crippen LogP contribution in [0.4, 0.5) is 29.5 Å². The predicted molar refractivity (Wildman–Crippen MR) is 220 cm³/mol. The number of nitrogens with one attached hydrogen (secondary N) is 8. The van der Waals surface area contributed by atoms with E-state index in [1.165, 1.54) is 18.2 Å². The molecule has 5 rings (SSSR count). The van der Waals surface area contributed by atoms with E-state index in [2.05, 4.69) is 141 Å². The molecule has 4 heterocycles. The minimum Gasteiger partial charge on any atom is -0.459 e. The minimum absolute atomic E-state index is 0.0335. The van der Waals surface area contributed by atoms with E-state index < -0.39 is 11.8 Å². The largest absolute Gasteiger partial charge is 0.459 e. The van der Waals surface area contributed by atoms with Crippen LogP contribution < -0.4 is 58.2 Å². The summed E-state index contributed by atoms with van der Waals surface area (Å²) in [5.41, 5.74) is 16.7. The number of rotatable bonds is 16. The van der Waals surface area contributed by atoms with E-state index in [1.807, 2.05) is 0 Å². The van der Waals surface area contributed by atoms with Crippen LogP contribution in [0.15, 0.2) is 43.5 Å². The number of anilines is 5. The number of nitrogens with two attached hydrogens (primary N) is 1. The number of benzene rings is 1. The second-order valence-electron chi connectivity index (χ2n) is 17.0. The second kappa shape index (κ2) is 17.1. The van der Waals surface area contributed by atoms with Gasteiger partial charge in [-0.15, -0.1) is 0 Å². The average Bonchev–Trinajstić information content (AvgIpc) is 3.08. The van der Waals surface area contributed by atoms with Gasteiger partial charge in [0.2, 0.25) is 23.8 Å². The first kappa shape index (κ1) is 42.3. The molecule has 3 aromatic rings. The van der Waals surface area contributed by atoms with E-state index in [1.54, 1.807) is 12.2 Å². The molecule has 0 unspecified atom stereocenters. The van der Waals surface area contributed by atoms with Crippen molar-refractivity contribution in [3.8, 4) is 12.0 Å². The average molecular weight is 788 g/mol. The molecular formula is C38H57N15O4. The highest BCUT2D eigenvalue weighted by Crippen LogP contribution is 2.31. The number of piperidine rings is 2. The van der Waals surface area contributed by atoms with Gasteiger partial charge in [-0.3, -0.25) is 31.3 Å². The van der Waals surface area contributed by atoms with Crippen LogP contribution in [0, 0.1) is 0 Å². The smallest absolute Gasteiger partial charge is 0.323 e. The molecule has 1 aromatic carbocycles. The zero-order chi connectivity index (χ0) is 41.6. The lowest BCUT2D eigenvalue weighted by molar-refractivity contribution is 0.0951. The lowest BCUT2D eigenvalue weighted by Gasteiger charge is -2.46. The number of nitrogens with zero attached hydrogens (tertiary/aromatic N) is 6. The number of amides is 2. The highest BCUT2D eigenvalue weighted by atomic mass is 16.5. The molecule has 0 bridgehead atoms. The van der Waals surface area contributed by atoms with Gasteiger partial charge in [0.05, 0.1) is 5.56 Å². The van der Waals surface area contributed by atoms with Gasteiger partial charge in [-0.1, -0.05) is 25.3 Å². The van der Waals surface area contributed by atoms with Gasteiger partial charge < -0.3 is 36.5 Å². The SMILES string of the molecule is C=CCOc1nc(NNC(=O)c2ccc(C(=O)NNc3nc(NC4CC(C)(C)NC(C)(C)C4)nc(OCC=C)n3)c(N)c2)nc(NC2CC(C)(C)NC(C)(C)C2)n1. The van der Waals surface area contributed by atoms with Gasteiger partial charge >= 0.3 is 12.0 Å². The maximum Gasteiger partial charge on any atom is 0.323 e. The monoisotopic (exact) mass is 787 g/mol. The molecule has 0 atom stereocenters. The zero-order valence-electron chi connectivity index (χ0n) is 34.1. The highest BCUT2D eigenvalue weighted by molar-refractivity contribution is 6.02. The molecule has 19 heteroatoms. The van der Waals surface area contributed by atoms with Crippen molar-refractivity contribution in [3.63, 3.8) is 0 Å². The number of hydrogen-bond donors (Lipinski definition) is 9. The molecule has 0 saturated carbocycles. The maximum atomic E-state index is 13.2. The van der Waals surface area contributed by atoms with Gasteiger partial charge in [0.25, 0.3) is 11.8 Å². The molecule has 0 radical (unpaired) electrons. The summed E-state index contributed by atoms with van der Waals surface area (Å²) in [5.74, 6) is -0.516. The van der Waals surface area contributed by atoms with Crippen molar-refractivity contribution < 1.29 is 19.1 Å². The molecule has 0 aliphatic carbocycles. The van der Waals surface area contributed by atoms with E-state index in [0.717, 1.165) is 25.7 Å². The first-order valence-corrected chi connectivity index (χ1v) is 18.9. The topological polar surface area (TPSA) is 252 Å². The lowest BCUT2D eigenvalue weighted by Crippen LogP contribution is -2.60. The van der Waals surface area contributed by atoms with Crippen LogP contribution in [0.2, 0.25) is 0 Å². The summed E-state index contributed by atoms with van der Waals surface area (Å²) in [6.45, 7) is 24.9. The van der Waals surface area contributed by atoms with E-state index in [0.29, 0.717) is 0 Å². The molecule has 2 aromatic heterocycles. The highest BCUT2D eigenvalue weighted by Gasteiger charge is 2.39. The molecule has 2 amide bonds. The van der Waals surface area contributed by atoms with Crippen LogP contribution in [-0.4, -0.2) is 89.2 Å². The lowest BCUT2D eigenvalue weighted by atomic mass is 9.79. The Bertz CT molecular complexity index is 1920. The van der Waals surface area contributed by atoms with Gasteiger partial charge in [0.1, 0.15) is 13.2 Å². The molecular weight excluding hydrogens is 731 g/mol. The number of aromatic nitrogens is 6. The van der Waals surface area contributed by atoms with Crippen LogP contribution in [0.5, 0.6) is 12.0 Å². The van der Waals surface area contributed by atoms with Crippen molar-refractivity contribution in [1.82, 2.24) is 51.4 Å². The summed E-state index contributed by atoms with van der Waals surface area (Å²) in [7, 11) is 0. The van der Waals surface area contributed by atoms with E-state index in [4.69, 9.17) is 15.2 Å². The first-order valence-electron chi connectivity index (χ1n) is 18.9. The quantitative estimate of drug-likeness (QED) is 0.0570. The third-order valence-electron chi connectivity index (χ3n) is 9.07. The van der Waals surface area contributed by atoms with Crippen molar-refractivity contribution in [1.29, 1.82) is 0 Å². The van der Waals surface area contributed by atoms with Gasteiger partial charge in [-0.25, -0.2) is 0 Å². The first-order chi connectivity index (χ1) is 26.7. The van der Waals surface area contributed by atoms with E-state index >= 15 is 0 Å². The Hall–Kier alpha value is -5.82. The molecule has 57 heavy (non-hydrogen) atoms. The van der Waals surface area contributed by atoms with Crippen LogP contribution in [-0.2, 0) is 0 Å². The number of hydrogen-bond acceptors (Lipinski definition) is 17. The Morgan fingerprint density at radius 3 is 1.49 bits per heavy atom. The Morgan fingerprint density at radius 2 is 1.09 bits per heavy atom. The fourth-order valence-corrected chi connectivity index (χ4v) is 7.84. The number of carbonyl (C=O) groups is 2. The van der Waals surface area contributed by atoms with Crippen molar-refractivity contribution in [2.45, 2.75) is 115 Å². The minimum atomic E-state index is -0.597. The summed E-state index contributed by atoms with van der Waals surface area (Å²) >= 11 is 0. The maximum absolute atomic E-state index is 13.2. The summed E-state index contributed by atoms with van der Waals surface area (Å²) in [6.07, 6.45) is 6.45. The van der Waals surface area contributed by atoms with Gasteiger partial charge in [-0.05, 0) is 99.3 Å². The molecule has 2 aliphatic rings. The molecule has 10 N–H and O–H groups in total. The fourth-order valence-electron chi connectivity index (χ4n) is 7.84. The van der Waals surface area contributed by atoms with Crippen LogP contribution >= 0.6 is 0 Å².